The highest BCUT2D eigenvalue weighted by Crippen LogP contribution is 2.56. The smallest absolute Gasteiger partial charge is 0.319 e. The van der Waals surface area contributed by atoms with Gasteiger partial charge in [0.25, 0.3) is 0 Å². The summed E-state index contributed by atoms with van der Waals surface area (Å²) in [7, 11) is 0. The summed E-state index contributed by atoms with van der Waals surface area (Å²) in [5, 5.41) is 0. The molecular weight excluding hydrogens is 364 g/mol. The summed E-state index contributed by atoms with van der Waals surface area (Å²) >= 11 is 0. The second-order valence-corrected chi connectivity index (χ2v) is 8.26. The highest BCUT2D eigenvalue weighted by Gasteiger charge is 2.78. The van der Waals surface area contributed by atoms with Crippen LogP contribution >= 0.6 is 0 Å². The van der Waals surface area contributed by atoms with Crippen LogP contribution in [0.2, 0.25) is 0 Å². The van der Waals surface area contributed by atoms with Crippen molar-refractivity contribution in [2.75, 3.05) is 0 Å². The van der Waals surface area contributed by atoms with Crippen LogP contribution in [0.25, 0.3) is 0 Å². The number of ether oxygens (including phenoxy) is 2. The molecule has 2 nitrogen and oxygen atoms in total. The SMILES string of the molecule is CC(C)(C)OC(F)(F)C(C)(C)OC(F)(C(F)(F)F)C(F)(F)C(C)(C)C. The van der Waals surface area contributed by atoms with Crippen LogP contribution in [0.3, 0.4) is 0 Å². The lowest BCUT2D eigenvalue weighted by atomic mass is 9.82. The van der Waals surface area contributed by atoms with Gasteiger partial charge in [0, 0.05) is 5.41 Å². The molecule has 0 saturated carbocycles. The summed E-state index contributed by atoms with van der Waals surface area (Å²) in [6.07, 6.45) is -10.8. The van der Waals surface area contributed by atoms with E-state index >= 15 is 0 Å². The van der Waals surface area contributed by atoms with Crippen LogP contribution in [0.15, 0.2) is 0 Å². The molecule has 0 saturated heterocycles. The molecule has 0 amide bonds. The van der Waals surface area contributed by atoms with E-state index in [1.165, 1.54) is 0 Å². The number of alkyl halides is 8. The molecule has 1 unspecified atom stereocenters. The van der Waals surface area contributed by atoms with E-state index in [9.17, 15) is 35.1 Å². The normalized spacial score (nSPS) is 18.2. The molecule has 0 rings (SSSR count). The van der Waals surface area contributed by atoms with Gasteiger partial charge in [0.2, 0.25) is 0 Å². The maximum atomic E-state index is 14.5. The molecule has 1 atom stereocenters. The lowest BCUT2D eigenvalue weighted by Crippen LogP contribution is -2.67. The molecule has 0 aliphatic carbocycles. The van der Waals surface area contributed by atoms with Gasteiger partial charge < -0.3 is 9.47 Å². The second kappa shape index (κ2) is 6.21. The molecule has 0 aromatic rings. The summed E-state index contributed by atoms with van der Waals surface area (Å²) in [4.78, 5) is 0. The molecule has 0 bridgehead atoms. The topological polar surface area (TPSA) is 18.5 Å². The lowest BCUT2D eigenvalue weighted by molar-refractivity contribution is -0.470. The van der Waals surface area contributed by atoms with Gasteiger partial charge >= 0.3 is 24.1 Å². The Morgan fingerprint density at radius 2 is 0.920 bits per heavy atom. The van der Waals surface area contributed by atoms with Gasteiger partial charge in [0.1, 0.15) is 0 Å². The van der Waals surface area contributed by atoms with Crippen molar-refractivity contribution in [2.24, 2.45) is 5.41 Å². The van der Waals surface area contributed by atoms with E-state index in [1.54, 1.807) is 0 Å². The predicted molar refractivity (Wildman–Crippen MR) is 75.2 cm³/mol. The Bertz CT molecular complexity index is 471. The number of halogens is 8. The first-order valence-electron chi connectivity index (χ1n) is 7.33. The van der Waals surface area contributed by atoms with Crippen LogP contribution < -0.4 is 0 Å². The quantitative estimate of drug-likeness (QED) is 0.530. The Morgan fingerprint density at radius 1 is 0.560 bits per heavy atom. The molecule has 0 heterocycles. The van der Waals surface area contributed by atoms with Gasteiger partial charge in [-0.2, -0.15) is 35.1 Å². The first kappa shape index (κ1) is 24.4. The van der Waals surface area contributed by atoms with Crippen LogP contribution in [-0.2, 0) is 9.47 Å². The summed E-state index contributed by atoms with van der Waals surface area (Å²) in [6.45, 7) is 6.07. The zero-order chi connectivity index (χ0) is 20.9. The van der Waals surface area contributed by atoms with E-state index in [1.807, 2.05) is 0 Å². The largest absolute Gasteiger partial charge is 0.455 e. The zero-order valence-electron chi connectivity index (χ0n) is 15.3. The summed E-state index contributed by atoms with van der Waals surface area (Å²) < 4.78 is 119. The molecule has 0 aliphatic rings. The fraction of sp³-hybridized carbons (Fsp3) is 1.00. The minimum Gasteiger partial charge on any atom is -0.319 e. The van der Waals surface area contributed by atoms with Crippen LogP contribution in [0.5, 0.6) is 0 Å². The van der Waals surface area contributed by atoms with Gasteiger partial charge in [-0.25, -0.2) is 0 Å². The van der Waals surface area contributed by atoms with E-state index in [4.69, 9.17) is 0 Å². The van der Waals surface area contributed by atoms with Crippen LogP contribution in [-0.4, -0.2) is 35.3 Å². The fourth-order valence-electron chi connectivity index (χ4n) is 1.70. The highest BCUT2D eigenvalue weighted by molar-refractivity contribution is 5.02. The van der Waals surface area contributed by atoms with Crippen molar-refractivity contribution >= 4 is 0 Å². The Hall–Kier alpha value is -0.640. The van der Waals surface area contributed by atoms with Gasteiger partial charge in [-0.15, -0.1) is 0 Å². The molecule has 10 heteroatoms. The van der Waals surface area contributed by atoms with Crippen molar-refractivity contribution in [1.29, 1.82) is 0 Å². The lowest BCUT2D eigenvalue weighted by Gasteiger charge is -2.46. The van der Waals surface area contributed by atoms with Gasteiger partial charge in [0.05, 0.1) is 5.60 Å². The Kier molecular flexibility index (Phi) is 6.05. The van der Waals surface area contributed by atoms with Crippen molar-refractivity contribution in [3.05, 3.63) is 0 Å². The van der Waals surface area contributed by atoms with Crippen molar-refractivity contribution in [3.63, 3.8) is 0 Å². The van der Waals surface area contributed by atoms with Crippen molar-refractivity contribution in [3.8, 4) is 0 Å². The van der Waals surface area contributed by atoms with E-state index in [0.29, 0.717) is 34.6 Å². The first-order chi connectivity index (χ1) is 10.4. The molecule has 0 radical (unpaired) electrons. The summed E-state index contributed by atoms with van der Waals surface area (Å²) in [5.74, 6) is -10.8. The van der Waals surface area contributed by atoms with Gasteiger partial charge in [-0.1, -0.05) is 20.8 Å². The highest BCUT2D eigenvalue weighted by atomic mass is 19.4. The standard InChI is InChI=1S/C15H24F8O2/c1-9(2,3)12(16,17)13(18,14(19,20)21)25-11(7,8)15(22,23)24-10(4,5)6/h1-8H3. The molecule has 0 aromatic carbocycles. The average Bonchev–Trinajstić information content (AvgIpc) is 2.20. The Morgan fingerprint density at radius 3 is 1.16 bits per heavy atom. The molecule has 0 aromatic heterocycles. The zero-order valence-corrected chi connectivity index (χ0v) is 15.3. The molecule has 152 valence electrons. The molecule has 25 heavy (non-hydrogen) atoms. The molecule has 0 fully saturated rings. The third-order valence-corrected chi connectivity index (χ3v) is 3.24. The van der Waals surface area contributed by atoms with Crippen LogP contribution in [0.1, 0.15) is 55.4 Å². The fourth-order valence-corrected chi connectivity index (χ4v) is 1.70. The Labute approximate surface area is 141 Å². The van der Waals surface area contributed by atoms with Gasteiger partial charge in [0.15, 0.2) is 5.60 Å². The number of hydrogen-bond donors (Lipinski definition) is 0. The minimum absolute atomic E-state index is 0.345. The summed E-state index contributed by atoms with van der Waals surface area (Å²) in [6, 6.07) is 0. The van der Waals surface area contributed by atoms with Gasteiger partial charge in [-0.05, 0) is 34.6 Å². The molecule has 0 spiro atoms. The molecular formula is C15H24F8O2. The third kappa shape index (κ3) is 4.75. The van der Waals surface area contributed by atoms with Crippen molar-refractivity contribution in [1.82, 2.24) is 0 Å². The van der Waals surface area contributed by atoms with Gasteiger partial charge in [-0.3, -0.25) is 0 Å². The molecule has 0 N–H and O–H groups in total. The van der Waals surface area contributed by atoms with E-state index in [0.717, 1.165) is 20.8 Å². The maximum absolute atomic E-state index is 14.5. The second-order valence-electron chi connectivity index (χ2n) is 8.26. The van der Waals surface area contributed by atoms with Crippen LogP contribution in [0, 0.1) is 5.41 Å². The Balaban J connectivity index is 6.16. The minimum atomic E-state index is -6.28. The maximum Gasteiger partial charge on any atom is 0.455 e. The van der Waals surface area contributed by atoms with E-state index in [-0.39, 0.29) is 0 Å². The van der Waals surface area contributed by atoms with Crippen LogP contribution in [0.4, 0.5) is 35.1 Å². The number of hydrogen-bond acceptors (Lipinski definition) is 2. The first-order valence-corrected chi connectivity index (χ1v) is 7.33. The van der Waals surface area contributed by atoms with E-state index in [2.05, 4.69) is 9.47 Å². The number of rotatable bonds is 5. The molecule has 0 aliphatic heterocycles. The van der Waals surface area contributed by atoms with Crippen molar-refractivity contribution in [2.45, 2.75) is 90.7 Å². The predicted octanol–water partition coefficient (Wildman–Crippen LogP) is 6.10. The van der Waals surface area contributed by atoms with Crippen molar-refractivity contribution < 1.29 is 44.6 Å². The monoisotopic (exact) mass is 388 g/mol. The summed E-state index contributed by atoms with van der Waals surface area (Å²) in [5.41, 5.74) is -7.50. The average molecular weight is 388 g/mol. The van der Waals surface area contributed by atoms with E-state index < -0.39 is 40.7 Å². The third-order valence-electron chi connectivity index (χ3n) is 3.24.